The molecule has 2 aromatic carbocycles. The Morgan fingerprint density at radius 1 is 1.03 bits per heavy atom. The van der Waals surface area contributed by atoms with Gasteiger partial charge in [0.25, 0.3) is 5.91 Å². The summed E-state index contributed by atoms with van der Waals surface area (Å²) in [6.07, 6.45) is 0.492. The molecule has 0 heterocycles. The molecule has 0 aliphatic carbocycles. The molecule has 0 radical (unpaired) electrons. The van der Waals surface area contributed by atoms with Crippen molar-refractivity contribution in [2.24, 2.45) is 5.92 Å². The number of ether oxygens (including phenoxy) is 2. The van der Waals surface area contributed by atoms with Crippen LogP contribution in [0.5, 0.6) is 11.5 Å². The number of methoxy groups -OCH3 is 1. The average Bonchev–Trinajstić information content (AvgIpc) is 2.77. The van der Waals surface area contributed by atoms with E-state index < -0.39 is 6.04 Å². The van der Waals surface area contributed by atoms with Gasteiger partial charge < -0.3 is 19.7 Å². The lowest BCUT2D eigenvalue weighted by molar-refractivity contribution is -0.143. The molecule has 0 aliphatic rings. The maximum Gasteiger partial charge on any atom is 0.261 e. The van der Waals surface area contributed by atoms with Crippen molar-refractivity contribution in [2.75, 3.05) is 20.3 Å². The van der Waals surface area contributed by atoms with Crippen LogP contribution < -0.4 is 14.8 Å². The van der Waals surface area contributed by atoms with Crippen molar-refractivity contribution in [3.8, 4) is 11.5 Å². The van der Waals surface area contributed by atoms with Crippen LogP contribution in [-0.4, -0.2) is 43.0 Å². The SMILES string of the molecule is CC[C@@H](C(=O)NCC(C)C)N(Cc1ccc(Cl)cc1)C(=O)COc1ccc(OC)cc1. The average molecular weight is 447 g/mol. The molecule has 0 aromatic heterocycles. The van der Waals surface area contributed by atoms with Crippen molar-refractivity contribution in [2.45, 2.75) is 39.8 Å². The van der Waals surface area contributed by atoms with Crippen molar-refractivity contribution in [1.29, 1.82) is 0 Å². The first kappa shape index (κ1) is 24.5. The molecular formula is C24H31ClN2O4. The number of carbonyl (C=O) groups excluding carboxylic acids is 2. The van der Waals surface area contributed by atoms with Gasteiger partial charge >= 0.3 is 0 Å². The molecule has 2 rings (SSSR count). The van der Waals surface area contributed by atoms with Crippen LogP contribution in [0.3, 0.4) is 0 Å². The quantitative estimate of drug-likeness (QED) is 0.558. The van der Waals surface area contributed by atoms with E-state index in [0.29, 0.717) is 35.4 Å². The van der Waals surface area contributed by atoms with Crippen LogP contribution in [0.1, 0.15) is 32.8 Å². The minimum atomic E-state index is -0.596. The smallest absolute Gasteiger partial charge is 0.261 e. The molecule has 0 fully saturated rings. The highest BCUT2D eigenvalue weighted by molar-refractivity contribution is 6.30. The number of hydrogen-bond donors (Lipinski definition) is 1. The maximum absolute atomic E-state index is 13.1. The molecule has 0 spiro atoms. The van der Waals surface area contributed by atoms with E-state index in [1.807, 2.05) is 32.9 Å². The van der Waals surface area contributed by atoms with Gasteiger partial charge in [-0.05, 0) is 54.3 Å². The Labute approximate surface area is 189 Å². The van der Waals surface area contributed by atoms with E-state index in [-0.39, 0.29) is 25.0 Å². The summed E-state index contributed by atoms with van der Waals surface area (Å²) < 4.78 is 10.8. The Morgan fingerprint density at radius 3 is 2.19 bits per heavy atom. The fourth-order valence-corrected chi connectivity index (χ4v) is 3.15. The molecule has 2 amide bonds. The first-order valence-corrected chi connectivity index (χ1v) is 10.8. The van der Waals surface area contributed by atoms with Crippen LogP contribution in [0, 0.1) is 5.92 Å². The molecule has 7 heteroatoms. The summed E-state index contributed by atoms with van der Waals surface area (Å²) in [7, 11) is 1.59. The van der Waals surface area contributed by atoms with Gasteiger partial charge in [-0.3, -0.25) is 9.59 Å². The van der Waals surface area contributed by atoms with Gasteiger partial charge in [-0.25, -0.2) is 0 Å². The summed E-state index contributed by atoms with van der Waals surface area (Å²) in [4.78, 5) is 27.5. The topological polar surface area (TPSA) is 67.9 Å². The second-order valence-electron chi connectivity index (χ2n) is 7.68. The van der Waals surface area contributed by atoms with Crippen LogP contribution in [0.25, 0.3) is 0 Å². The Kier molecular flexibility index (Phi) is 9.66. The Bertz CT molecular complexity index is 838. The van der Waals surface area contributed by atoms with Crippen LogP contribution in [0.15, 0.2) is 48.5 Å². The van der Waals surface area contributed by atoms with Crippen molar-refractivity contribution < 1.29 is 19.1 Å². The van der Waals surface area contributed by atoms with E-state index in [1.165, 1.54) is 0 Å². The van der Waals surface area contributed by atoms with Crippen molar-refractivity contribution in [3.05, 3.63) is 59.1 Å². The lowest BCUT2D eigenvalue weighted by Gasteiger charge is -2.30. The number of benzene rings is 2. The number of nitrogens with one attached hydrogen (secondary N) is 1. The highest BCUT2D eigenvalue weighted by atomic mass is 35.5. The van der Waals surface area contributed by atoms with Crippen LogP contribution in [0.4, 0.5) is 0 Å². The molecule has 2 aromatic rings. The normalized spacial score (nSPS) is 11.7. The van der Waals surface area contributed by atoms with Crippen LogP contribution >= 0.6 is 11.6 Å². The van der Waals surface area contributed by atoms with Crippen molar-refractivity contribution in [3.63, 3.8) is 0 Å². The Morgan fingerprint density at radius 2 is 1.65 bits per heavy atom. The maximum atomic E-state index is 13.1. The molecule has 0 unspecified atom stereocenters. The molecule has 0 aliphatic heterocycles. The summed E-state index contributed by atoms with van der Waals surface area (Å²) >= 11 is 5.99. The molecule has 0 bridgehead atoms. The summed E-state index contributed by atoms with van der Waals surface area (Å²) in [5, 5.41) is 3.56. The largest absolute Gasteiger partial charge is 0.497 e. The van der Waals surface area contributed by atoms with Gasteiger partial charge in [0.05, 0.1) is 7.11 Å². The third-order valence-corrected chi connectivity index (χ3v) is 5.01. The zero-order valence-electron chi connectivity index (χ0n) is 18.6. The second-order valence-corrected chi connectivity index (χ2v) is 8.11. The number of rotatable bonds is 11. The van der Waals surface area contributed by atoms with E-state index in [9.17, 15) is 9.59 Å². The van der Waals surface area contributed by atoms with Gasteiger partial charge in [0.1, 0.15) is 17.5 Å². The van der Waals surface area contributed by atoms with Gasteiger partial charge in [-0.2, -0.15) is 0 Å². The zero-order chi connectivity index (χ0) is 22.8. The van der Waals surface area contributed by atoms with E-state index in [2.05, 4.69) is 5.32 Å². The number of hydrogen-bond acceptors (Lipinski definition) is 4. The molecule has 0 saturated heterocycles. The third kappa shape index (κ3) is 7.79. The van der Waals surface area contributed by atoms with Gasteiger partial charge in [-0.15, -0.1) is 0 Å². The predicted molar refractivity (Wildman–Crippen MR) is 122 cm³/mol. The molecule has 6 nitrogen and oxygen atoms in total. The minimum absolute atomic E-state index is 0.164. The third-order valence-electron chi connectivity index (χ3n) is 4.76. The molecule has 31 heavy (non-hydrogen) atoms. The number of carbonyl (C=O) groups is 2. The van der Waals surface area contributed by atoms with Gasteiger partial charge in [0.15, 0.2) is 6.61 Å². The standard InChI is InChI=1S/C24H31ClN2O4/c1-5-22(24(29)26-14-17(2)3)27(15-18-6-8-19(25)9-7-18)23(28)16-31-21-12-10-20(30-4)11-13-21/h6-13,17,22H,5,14-16H2,1-4H3,(H,26,29)/t22-/m0/s1. The summed E-state index contributed by atoms with van der Waals surface area (Å²) in [6, 6.07) is 13.7. The Balaban J connectivity index is 2.16. The lowest BCUT2D eigenvalue weighted by Crippen LogP contribution is -2.50. The molecule has 0 saturated carbocycles. The van der Waals surface area contributed by atoms with Crippen LogP contribution in [-0.2, 0) is 16.1 Å². The lowest BCUT2D eigenvalue weighted by atomic mass is 10.1. The Hall–Kier alpha value is -2.73. The van der Waals surface area contributed by atoms with Gasteiger partial charge in [0.2, 0.25) is 5.91 Å². The fourth-order valence-electron chi connectivity index (χ4n) is 3.03. The highest BCUT2D eigenvalue weighted by Crippen LogP contribution is 2.19. The van der Waals surface area contributed by atoms with Crippen molar-refractivity contribution >= 4 is 23.4 Å². The molecule has 168 valence electrons. The highest BCUT2D eigenvalue weighted by Gasteiger charge is 2.29. The second kappa shape index (κ2) is 12.2. The number of nitrogens with zero attached hydrogens (tertiary/aromatic N) is 1. The van der Waals surface area contributed by atoms with E-state index >= 15 is 0 Å². The fraction of sp³-hybridized carbons (Fsp3) is 0.417. The first-order chi connectivity index (χ1) is 14.8. The number of amides is 2. The van der Waals surface area contributed by atoms with Crippen LogP contribution in [0.2, 0.25) is 5.02 Å². The molecular weight excluding hydrogens is 416 g/mol. The monoisotopic (exact) mass is 446 g/mol. The van der Waals surface area contributed by atoms with Gasteiger partial charge in [0, 0.05) is 18.1 Å². The predicted octanol–water partition coefficient (Wildman–Crippen LogP) is 4.31. The molecule has 1 atom stereocenters. The van der Waals surface area contributed by atoms with E-state index in [4.69, 9.17) is 21.1 Å². The summed E-state index contributed by atoms with van der Waals surface area (Å²) in [6.45, 7) is 6.62. The summed E-state index contributed by atoms with van der Waals surface area (Å²) in [5.41, 5.74) is 0.886. The number of halogens is 1. The van der Waals surface area contributed by atoms with Gasteiger partial charge in [-0.1, -0.05) is 44.5 Å². The minimum Gasteiger partial charge on any atom is -0.497 e. The van der Waals surface area contributed by atoms with E-state index in [1.54, 1.807) is 48.4 Å². The zero-order valence-corrected chi connectivity index (χ0v) is 19.3. The summed E-state index contributed by atoms with van der Waals surface area (Å²) in [5.74, 6) is 1.15. The van der Waals surface area contributed by atoms with Crippen molar-refractivity contribution in [1.82, 2.24) is 10.2 Å². The molecule has 1 N–H and O–H groups in total. The van der Waals surface area contributed by atoms with E-state index in [0.717, 1.165) is 5.56 Å². The first-order valence-electron chi connectivity index (χ1n) is 10.4.